The summed E-state index contributed by atoms with van der Waals surface area (Å²) in [6, 6.07) is 10.1. The van der Waals surface area contributed by atoms with E-state index in [1.807, 2.05) is 30.3 Å². The molecular formula is C16H19OS+. The van der Waals surface area contributed by atoms with Gasteiger partial charge < -0.3 is 4.74 Å². The van der Waals surface area contributed by atoms with Gasteiger partial charge in [-0.2, -0.15) is 0 Å². The van der Waals surface area contributed by atoms with Crippen LogP contribution in [0.25, 0.3) is 0 Å². The SMILES string of the molecule is C1=C(Oc2ccccc2)CCC([S+]2CCCC2)=C1. The minimum absolute atomic E-state index is 0.586. The Balaban J connectivity index is 1.65. The van der Waals surface area contributed by atoms with Crippen molar-refractivity contribution in [2.75, 3.05) is 11.5 Å². The fourth-order valence-corrected chi connectivity index (χ4v) is 4.97. The molecule has 0 aromatic heterocycles. The van der Waals surface area contributed by atoms with Gasteiger partial charge in [-0.1, -0.05) is 18.2 Å². The molecule has 1 fully saturated rings. The maximum absolute atomic E-state index is 5.89. The third-order valence-electron chi connectivity index (χ3n) is 3.47. The standard InChI is InChI=1S/C16H19OS/c1-2-6-14(7-3-1)17-15-8-10-16(11-9-15)18-12-4-5-13-18/h1-3,6-8,10H,4-5,9,11-13H2/q+1. The minimum Gasteiger partial charge on any atom is -0.462 e. The number of para-hydroxylation sites is 1. The van der Waals surface area contributed by atoms with E-state index in [0.29, 0.717) is 10.9 Å². The van der Waals surface area contributed by atoms with Crippen LogP contribution in [0.3, 0.4) is 0 Å². The molecule has 0 amide bonds. The Morgan fingerprint density at radius 3 is 2.33 bits per heavy atom. The van der Waals surface area contributed by atoms with E-state index in [2.05, 4.69) is 12.2 Å². The molecule has 1 aliphatic heterocycles. The van der Waals surface area contributed by atoms with Gasteiger partial charge in [-0.3, -0.25) is 0 Å². The second kappa shape index (κ2) is 5.66. The summed E-state index contributed by atoms with van der Waals surface area (Å²) in [5.41, 5.74) is 0. The number of rotatable bonds is 3. The van der Waals surface area contributed by atoms with Crippen molar-refractivity contribution in [3.8, 4) is 5.75 Å². The van der Waals surface area contributed by atoms with Crippen LogP contribution in [-0.2, 0) is 10.9 Å². The highest BCUT2D eigenvalue weighted by atomic mass is 32.2. The van der Waals surface area contributed by atoms with E-state index in [1.54, 1.807) is 4.91 Å². The van der Waals surface area contributed by atoms with Crippen molar-refractivity contribution in [1.29, 1.82) is 0 Å². The Kier molecular flexibility index (Phi) is 3.75. The largest absolute Gasteiger partial charge is 0.462 e. The van der Waals surface area contributed by atoms with Crippen LogP contribution < -0.4 is 4.74 Å². The Labute approximate surface area is 112 Å². The monoisotopic (exact) mass is 259 g/mol. The van der Waals surface area contributed by atoms with Crippen molar-refractivity contribution >= 4 is 10.9 Å². The average Bonchev–Trinajstić information content (AvgIpc) is 2.95. The molecule has 0 spiro atoms. The van der Waals surface area contributed by atoms with E-state index in [-0.39, 0.29) is 0 Å². The van der Waals surface area contributed by atoms with Crippen molar-refractivity contribution < 1.29 is 4.74 Å². The van der Waals surface area contributed by atoms with E-state index >= 15 is 0 Å². The van der Waals surface area contributed by atoms with Crippen molar-refractivity contribution in [2.24, 2.45) is 0 Å². The van der Waals surface area contributed by atoms with Crippen molar-refractivity contribution in [3.05, 3.63) is 53.1 Å². The molecule has 1 aromatic carbocycles. The van der Waals surface area contributed by atoms with Gasteiger partial charge in [-0.15, -0.1) is 0 Å². The van der Waals surface area contributed by atoms with Gasteiger partial charge in [0, 0.05) is 23.7 Å². The van der Waals surface area contributed by atoms with Gasteiger partial charge >= 0.3 is 0 Å². The molecule has 0 atom stereocenters. The van der Waals surface area contributed by atoms with Crippen LogP contribution in [0, 0.1) is 0 Å². The number of benzene rings is 1. The first kappa shape index (κ1) is 11.9. The summed E-state index contributed by atoms with van der Waals surface area (Å²) in [5.74, 6) is 4.90. The molecule has 1 aromatic rings. The molecule has 1 heterocycles. The Morgan fingerprint density at radius 1 is 0.889 bits per heavy atom. The lowest BCUT2D eigenvalue weighted by Crippen LogP contribution is -2.10. The van der Waals surface area contributed by atoms with E-state index in [1.165, 1.54) is 30.8 Å². The predicted molar refractivity (Wildman–Crippen MR) is 78.8 cm³/mol. The van der Waals surface area contributed by atoms with Gasteiger partial charge in [0.05, 0.1) is 0 Å². The molecular weight excluding hydrogens is 240 g/mol. The van der Waals surface area contributed by atoms with Crippen LogP contribution in [0.2, 0.25) is 0 Å². The van der Waals surface area contributed by atoms with Gasteiger partial charge in [0.2, 0.25) is 0 Å². The summed E-state index contributed by atoms with van der Waals surface area (Å²) in [5, 5.41) is 0. The molecule has 0 unspecified atom stereocenters. The molecule has 1 saturated heterocycles. The molecule has 18 heavy (non-hydrogen) atoms. The molecule has 0 saturated carbocycles. The highest BCUT2D eigenvalue weighted by molar-refractivity contribution is 8.00. The number of hydrogen-bond acceptors (Lipinski definition) is 1. The Morgan fingerprint density at radius 2 is 1.67 bits per heavy atom. The van der Waals surface area contributed by atoms with Crippen molar-refractivity contribution in [2.45, 2.75) is 25.7 Å². The first-order chi connectivity index (χ1) is 8.92. The molecule has 3 rings (SSSR count). The molecule has 2 heteroatoms. The summed E-state index contributed by atoms with van der Waals surface area (Å²) in [7, 11) is 0.586. The number of ether oxygens (including phenoxy) is 1. The Bertz CT molecular complexity index is 455. The molecule has 94 valence electrons. The first-order valence-corrected chi connectivity index (χ1v) is 8.28. The number of allylic oxidation sites excluding steroid dienone is 4. The van der Waals surface area contributed by atoms with Crippen LogP contribution in [0.4, 0.5) is 0 Å². The van der Waals surface area contributed by atoms with Crippen LogP contribution in [0.15, 0.2) is 53.1 Å². The fraction of sp³-hybridized carbons (Fsp3) is 0.375. The predicted octanol–water partition coefficient (Wildman–Crippen LogP) is 4.04. The van der Waals surface area contributed by atoms with Crippen LogP contribution in [0.1, 0.15) is 25.7 Å². The highest BCUT2D eigenvalue weighted by Crippen LogP contribution is 2.30. The van der Waals surface area contributed by atoms with Gasteiger partial charge in [0.15, 0.2) is 0 Å². The zero-order chi connectivity index (χ0) is 12.2. The first-order valence-electron chi connectivity index (χ1n) is 6.72. The number of hydrogen-bond donors (Lipinski definition) is 0. The van der Waals surface area contributed by atoms with Gasteiger partial charge in [-0.25, -0.2) is 0 Å². The van der Waals surface area contributed by atoms with E-state index < -0.39 is 0 Å². The second-order valence-electron chi connectivity index (χ2n) is 4.79. The van der Waals surface area contributed by atoms with Crippen LogP contribution in [0.5, 0.6) is 5.75 Å². The summed E-state index contributed by atoms with van der Waals surface area (Å²) in [6.45, 7) is 0. The Hall–Kier alpha value is -1.15. The quantitative estimate of drug-likeness (QED) is 0.744. The lowest BCUT2D eigenvalue weighted by molar-refractivity contribution is 0.402. The molecule has 0 bridgehead atoms. The van der Waals surface area contributed by atoms with Crippen LogP contribution in [-0.4, -0.2) is 11.5 Å². The summed E-state index contributed by atoms with van der Waals surface area (Å²) >= 11 is 0. The zero-order valence-corrected chi connectivity index (χ0v) is 11.4. The third-order valence-corrected chi connectivity index (χ3v) is 6.11. The topological polar surface area (TPSA) is 9.23 Å². The molecule has 0 radical (unpaired) electrons. The summed E-state index contributed by atoms with van der Waals surface area (Å²) in [6.07, 6.45) is 9.61. The maximum atomic E-state index is 5.89. The van der Waals surface area contributed by atoms with E-state index in [4.69, 9.17) is 4.74 Å². The average molecular weight is 259 g/mol. The smallest absolute Gasteiger partial charge is 0.132 e. The minimum atomic E-state index is 0.586. The van der Waals surface area contributed by atoms with Gasteiger partial charge in [-0.05, 0) is 37.1 Å². The zero-order valence-electron chi connectivity index (χ0n) is 10.6. The second-order valence-corrected chi connectivity index (χ2v) is 7.12. The third kappa shape index (κ3) is 2.81. The normalized spacial score (nSPS) is 20.4. The lowest BCUT2D eigenvalue weighted by atomic mass is 10.1. The molecule has 1 aliphatic carbocycles. The molecule has 2 aliphatic rings. The van der Waals surface area contributed by atoms with Crippen molar-refractivity contribution in [1.82, 2.24) is 0 Å². The lowest BCUT2D eigenvalue weighted by Gasteiger charge is -2.14. The molecule has 0 N–H and O–H groups in total. The van der Waals surface area contributed by atoms with Crippen LogP contribution >= 0.6 is 0 Å². The van der Waals surface area contributed by atoms with Gasteiger partial charge in [0.1, 0.15) is 27.9 Å². The van der Waals surface area contributed by atoms with E-state index in [0.717, 1.165) is 17.9 Å². The van der Waals surface area contributed by atoms with Crippen molar-refractivity contribution in [3.63, 3.8) is 0 Å². The summed E-state index contributed by atoms with van der Waals surface area (Å²) in [4.78, 5) is 1.67. The molecule has 1 nitrogen and oxygen atoms in total. The highest BCUT2D eigenvalue weighted by Gasteiger charge is 2.29. The van der Waals surface area contributed by atoms with Gasteiger partial charge in [0.25, 0.3) is 0 Å². The summed E-state index contributed by atoms with van der Waals surface area (Å²) < 4.78 is 5.89. The van der Waals surface area contributed by atoms with E-state index in [9.17, 15) is 0 Å². The maximum Gasteiger partial charge on any atom is 0.132 e. The fourth-order valence-electron chi connectivity index (χ4n) is 2.48.